The van der Waals surface area contributed by atoms with Gasteiger partial charge in [0.2, 0.25) is 0 Å². The van der Waals surface area contributed by atoms with Crippen molar-refractivity contribution in [3.05, 3.63) is 0 Å². The topological polar surface area (TPSA) is 32.3 Å². The number of aliphatic hydroxyl groups is 1. The van der Waals surface area contributed by atoms with Crippen LogP contribution in [0.4, 0.5) is 0 Å². The Morgan fingerprint density at radius 2 is 1.93 bits per heavy atom. The molecule has 0 aromatic heterocycles. The van der Waals surface area contributed by atoms with Gasteiger partial charge < -0.3 is 10.4 Å². The highest BCUT2D eigenvalue weighted by atomic mass is 16.3. The van der Waals surface area contributed by atoms with Gasteiger partial charge >= 0.3 is 0 Å². The molecule has 1 saturated carbocycles. The van der Waals surface area contributed by atoms with Gasteiger partial charge in [0.25, 0.3) is 0 Å². The molecular weight excluding hydrogens is 174 g/mol. The predicted octanol–water partition coefficient (Wildman–Crippen LogP) is 2.17. The molecule has 84 valence electrons. The summed E-state index contributed by atoms with van der Waals surface area (Å²) in [6.45, 7) is 5.88. The van der Waals surface area contributed by atoms with Crippen molar-refractivity contribution in [1.82, 2.24) is 5.32 Å². The van der Waals surface area contributed by atoms with Crippen molar-refractivity contribution < 1.29 is 5.11 Å². The van der Waals surface area contributed by atoms with Crippen LogP contribution in [-0.4, -0.2) is 24.3 Å². The van der Waals surface area contributed by atoms with Crippen molar-refractivity contribution >= 4 is 0 Å². The number of rotatable bonds is 6. The quantitative estimate of drug-likeness (QED) is 0.687. The zero-order valence-electron chi connectivity index (χ0n) is 9.63. The van der Waals surface area contributed by atoms with Gasteiger partial charge in [-0.05, 0) is 37.6 Å². The van der Waals surface area contributed by atoms with Gasteiger partial charge in [0.1, 0.15) is 0 Å². The van der Waals surface area contributed by atoms with Crippen LogP contribution in [0, 0.1) is 11.8 Å². The Bertz CT molecular complexity index is 141. The molecule has 1 rings (SSSR count). The van der Waals surface area contributed by atoms with E-state index in [9.17, 15) is 0 Å². The van der Waals surface area contributed by atoms with Crippen LogP contribution in [0.1, 0.15) is 46.0 Å². The number of aliphatic hydroxyl groups excluding tert-OH is 1. The summed E-state index contributed by atoms with van der Waals surface area (Å²) in [6, 6.07) is 0.560. The fourth-order valence-electron chi connectivity index (χ4n) is 2.39. The second kappa shape index (κ2) is 6.41. The monoisotopic (exact) mass is 199 g/mol. The summed E-state index contributed by atoms with van der Waals surface area (Å²) < 4.78 is 0. The molecule has 0 radical (unpaired) electrons. The fraction of sp³-hybridized carbons (Fsp3) is 1.00. The molecule has 0 saturated heterocycles. The number of hydrogen-bond acceptors (Lipinski definition) is 2. The van der Waals surface area contributed by atoms with Gasteiger partial charge in [-0.2, -0.15) is 0 Å². The first-order valence-corrected chi connectivity index (χ1v) is 6.08. The Labute approximate surface area is 88.1 Å². The molecule has 2 nitrogen and oxygen atoms in total. The molecule has 1 aliphatic rings. The van der Waals surface area contributed by atoms with E-state index in [-0.39, 0.29) is 0 Å². The lowest BCUT2D eigenvalue weighted by molar-refractivity contribution is 0.232. The van der Waals surface area contributed by atoms with E-state index < -0.39 is 0 Å². The maximum Gasteiger partial charge on any atom is 0.0445 e. The van der Waals surface area contributed by atoms with Gasteiger partial charge in [-0.15, -0.1) is 0 Å². The standard InChI is InChI=1S/C12H25NO/c1-10(2)9-13-12(7-8-14)11-5-3-4-6-11/h10-14H,3-9H2,1-2H3. The molecule has 1 aliphatic carbocycles. The lowest BCUT2D eigenvalue weighted by atomic mass is 9.95. The van der Waals surface area contributed by atoms with E-state index >= 15 is 0 Å². The molecule has 1 fully saturated rings. The van der Waals surface area contributed by atoms with Crippen LogP contribution in [0.3, 0.4) is 0 Å². The van der Waals surface area contributed by atoms with Gasteiger partial charge in [0.05, 0.1) is 0 Å². The normalized spacial score (nSPS) is 20.6. The Hall–Kier alpha value is -0.0800. The highest BCUT2D eigenvalue weighted by molar-refractivity contribution is 4.80. The largest absolute Gasteiger partial charge is 0.396 e. The number of hydrogen-bond donors (Lipinski definition) is 2. The summed E-state index contributed by atoms with van der Waals surface area (Å²) in [5, 5.41) is 12.6. The molecule has 14 heavy (non-hydrogen) atoms. The van der Waals surface area contributed by atoms with E-state index in [1.807, 2.05) is 0 Å². The zero-order chi connectivity index (χ0) is 10.4. The molecule has 2 N–H and O–H groups in total. The third-order valence-electron chi connectivity index (χ3n) is 3.20. The second-order valence-electron chi connectivity index (χ2n) is 4.97. The van der Waals surface area contributed by atoms with Crippen molar-refractivity contribution in [2.45, 2.75) is 52.0 Å². The Balaban J connectivity index is 2.29. The van der Waals surface area contributed by atoms with E-state index in [0.29, 0.717) is 18.6 Å². The molecule has 0 amide bonds. The molecule has 0 aromatic carbocycles. The summed E-state index contributed by atoms with van der Waals surface area (Å²) in [7, 11) is 0. The minimum absolute atomic E-state index is 0.326. The van der Waals surface area contributed by atoms with Crippen LogP contribution >= 0.6 is 0 Å². The van der Waals surface area contributed by atoms with Crippen molar-refractivity contribution in [1.29, 1.82) is 0 Å². The lowest BCUT2D eigenvalue weighted by Gasteiger charge is -2.25. The summed E-state index contributed by atoms with van der Waals surface area (Å²) in [4.78, 5) is 0. The number of nitrogens with one attached hydrogen (secondary N) is 1. The zero-order valence-corrected chi connectivity index (χ0v) is 9.63. The lowest BCUT2D eigenvalue weighted by Crippen LogP contribution is -2.38. The Kier molecular flexibility index (Phi) is 5.49. The summed E-state index contributed by atoms with van der Waals surface area (Å²) >= 11 is 0. The van der Waals surface area contributed by atoms with Crippen LogP contribution in [-0.2, 0) is 0 Å². The van der Waals surface area contributed by atoms with Crippen molar-refractivity contribution in [3.8, 4) is 0 Å². The van der Waals surface area contributed by atoms with Crippen LogP contribution in [0.25, 0.3) is 0 Å². The van der Waals surface area contributed by atoms with Gasteiger partial charge in [0.15, 0.2) is 0 Å². The first-order chi connectivity index (χ1) is 6.74. The van der Waals surface area contributed by atoms with Gasteiger partial charge in [-0.1, -0.05) is 26.7 Å². The SMILES string of the molecule is CC(C)CNC(CCO)C1CCCC1. The maximum absolute atomic E-state index is 9.02. The van der Waals surface area contributed by atoms with Gasteiger partial charge in [-0.25, -0.2) is 0 Å². The third kappa shape index (κ3) is 3.97. The molecular formula is C12H25NO. The van der Waals surface area contributed by atoms with Gasteiger partial charge in [0, 0.05) is 12.6 Å². The molecule has 0 aliphatic heterocycles. The minimum Gasteiger partial charge on any atom is -0.396 e. The highest BCUT2D eigenvalue weighted by Gasteiger charge is 2.23. The minimum atomic E-state index is 0.326. The Morgan fingerprint density at radius 3 is 2.43 bits per heavy atom. The molecule has 0 spiro atoms. The summed E-state index contributed by atoms with van der Waals surface area (Å²) in [5.74, 6) is 1.53. The Morgan fingerprint density at radius 1 is 1.29 bits per heavy atom. The second-order valence-corrected chi connectivity index (χ2v) is 4.97. The van der Waals surface area contributed by atoms with Crippen LogP contribution < -0.4 is 5.32 Å². The van der Waals surface area contributed by atoms with E-state index in [2.05, 4.69) is 19.2 Å². The molecule has 1 atom stereocenters. The molecule has 0 heterocycles. The van der Waals surface area contributed by atoms with Crippen molar-refractivity contribution in [2.75, 3.05) is 13.2 Å². The third-order valence-corrected chi connectivity index (χ3v) is 3.20. The van der Waals surface area contributed by atoms with Crippen LogP contribution in [0.2, 0.25) is 0 Å². The predicted molar refractivity (Wildman–Crippen MR) is 60.3 cm³/mol. The van der Waals surface area contributed by atoms with Crippen molar-refractivity contribution in [2.24, 2.45) is 11.8 Å². The van der Waals surface area contributed by atoms with E-state index in [4.69, 9.17) is 5.11 Å². The van der Waals surface area contributed by atoms with E-state index in [1.165, 1.54) is 25.7 Å². The first-order valence-electron chi connectivity index (χ1n) is 6.08. The molecule has 0 bridgehead atoms. The highest BCUT2D eigenvalue weighted by Crippen LogP contribution is 2.28. The molecule has 1 unspecified atom stereocenters. The smallest absolute Gasteiger partial charge is 0.0445 e. The maximum atomic E-state index is 9.02. The average Bonchev–Trinajstić information content (AvgIpc) is 2.64. The van der Waals surface area contributed by atoms with Crippen molar-refractivity contribution in [3.63, 3.8) is 0 Å². The van der Waals surface area contributed by atoms with E-state index in [1.54, 1.807) is 0 Å². The van der Waals surface area contributed by atoms with Crippen LogP contribution in [0.15, 0.2) is 0 Å². The van der Waals surface area contributed by atoms with E-state index in [0.717, 1.165) is 18.9 Å². The van der Waals surface area contributed by atoms with Gasteiger partial charge in [-0.3, -0.25) is 0 Å². The molecule has 2 heteroatoms. The molecule has 0 aromatic rings. The average molecular weight is 199 g/mol. The summed E-state index contributed by atoms with van der Waals surface area (Å²) in [6.07, 6.45) is 6.41. The first kappa shape index (κ1) is 12.0. The fourth-order valence-corrected chi connectivity index (χ4v) is 2.39. The summed E-state index contributed by atoms with van der Waals surface area (Å²) in [5.41, 5.74) is 0. The van der Waals surface area contributed by atoms with Crippen LogP contribution in [0.5, 0.6) is 0 Å².